The van der Waals surface area contributed by atoms with Gasteiger partial charge in [-0.1, -0.05) is 36.4 Å². The number of benzene rings is 2. The average molecular weight is 437 g/mol. The molecule has 7 heteroatoms. The van der Waals surface area contributed by atoms with Crippen molar-refractivity contribution in [2.24, 2.45) is 0 Å². The van der Waals surface area contributed by atoms with Gasteiger partial charge in [-0.3, -0.25) is 14.6 Å². The van der Waals surface area contributed by atoms with E-state index in [9.17, 15) is 8.42 Å². The molecule has 0 radical (unpaired) electrons. The van der Waals surface area contributed by atoms with E-state index in [0.717, 1.165) is 39.1 Å². The van der Waals surface area contributed by atoms with Crippen LogP contribution in [0.2, 0.25) is 0 Å². The SMILES string of the molecule is O=S(=O)(Cc1ccccn1)Nc1ccc(CCN2CCN(c3ccccc3)CC2)cc1. The smallest absolute Gasteiger partial charge is 0.238 e. The maximum Gasteiger partial charge on any atom is 0.238 e. The summed E-state index contributed by atoms with van der Waals surface area (Å²) in [6, 6.07) is 23.5. The molecular weight excluding hydrogens is 408 g/mol. The second kappa shape index (κ2) is 9.94. The Balaban J connectivity index is 1.24. The Morgan fingerprint density at radius 1 is 0.839 bits per heavy atom. The van der Waals surface area contributed by atoms with Gasteiger partial charge in [0.1, 0.15) is 5.75 Å². The zero-order valence-electron chi connectivity index (χ0n) is 17.5. The Labute approximate surface area is 184 Å². The number of nitrogens with one attached hydrogen (secondary N) is 1. The highest BCUT2D eigenvalue weighted by atomic mass is 32.2. The topological polar surface area (TPSA) is 65.5 Å². The third kappa shape index (κ3) is 6.29. The molecule has 6 nitrogen and oxygen atoms in total. The fourth-order valence-electron chi connectivity index (χ4n) is 3.79. The number of para-hydroxylation sites is 1. The van der Waals surface area contributed by atoms with Gasteiger partial charge in [0.15, 0.2) is 0 Å². The Morgan fingerprint density at radius 2 is 1.55 bits per heavy atom. The van der Waals surface area contributed by atoms with Gasteiger partial charge in [0.25, 0.3) is 0 Å². The zero-order chi connectivity index (χ0) is 21.5. The lowest BCUT2D eigenvalue weighted by Gasteiger charge is -2.36. The summed E-state index contributed by atoms with van der Waals surface area (Å²) < 4.78 is 27.3. The van der Waals surface area contributed by atoms with Crippen LogP contribution in [0.4, 0.5) is 11.4 Å². The molecular formula is C24H28N4O2S. The predicted octanol–water partition coefficient (Wildman–Crippen LogP) is 3.39. The van der Waals surface area contributed by atoms with Crippen LogP contribution in [0, 0.1) is 0 Å². The molecule has 3 aromatic rings. The van der Waals surface area contributed by atoms with Crippen LogP contribution < -0.4 is 9.62 Å². The second-order valence-electron chi connectivity index (χ2n) is 7.79. The normalized spacial score (nSPS) is 15.0. The summed E-state index contributed by atoms with van der Waals surface area (Å²) in [6.45, 7) is 5.20. The Morgan fingerprint density at radius 3 is 2.23 bits per heavy atom. The Bertz CT molecular complexity index is 1050. The molecule has 0 bridgehead atoms. The summed E-state index contributed by atoms with van der Waals surface area (Å²) in [6.07, 6.45) is 2.55. The van der Waals surface area contributed by atoms with Gasteiger partial charge in [0.2, 0.25) is 10.0 Å². The summed E-state index contributed by atoms with van der Waals surface area (Å²) in [5, 5.41) is 0. The zero-order valence-corrected chi connectivity index (χ0v) is 18.3. The molecule has 1 saturated heterocycles. The quantitative estimate of drug-likeness (QED) is 0.586. The molecule has 31 heavy (non-hydrogen) atoms. The number of piperazine rings is 1. The van der Waals surface area contributed by atoms with Crippen LogP contribution in [0.1, 0.15) is 11.3 Å². The lowest BCUT2D eigenvalue weighted by molar-refractivity contribution is 0.261. The number of sulfonamides is 1. The number of aromatic nitrogens is 1. The molecule has 1 N–H and O–H groups in total. The molecule has 162 valence electrons. The van der Waals surface area contributed by atoms with Gasteiger partial charge in [-0.05, 0) is 48.4 Å². The van der Waals surface area contributed by atoms with Crippen molar-refractivity contribution in [3.63, 3.8) is 0 Å². The fourth-order valence-corrected chi connectivity index (χ4v) is 4.92. The van der Waals surface area contributed by atoms with Crippen LogP contribution in [0.3, 0.4) is 0 Å². The van der Waals surface area contributed by atoms with Crippen molar-refractivity contribution in [3.05, 3.63) is 90.3 Å². The van der Waals surface area contributed by atoms with Crippen LogP contribution >= 0.6 is 0 Å². The van der Waals surface area contributed by atoms with Crippen molar-refractivity contribution in [2.45, 2.75) is 12.2 Å². The van der Waals surface area contributed by atoms with E-state index in [2.05, 4.69) is 49.8 Å². The molecule has 1 aliphatic heterocycles. The first-order valence-corrected chi connectivity index (χ1v) is 12.2. The molecule has 0 aliphatic carbocycles. The maximum absolute atomic E-state index is 12.4. The summed E-state index contributed by atoms with van der Waals surface area (Å²) in [5.74, 6) is -0.134. The minimum atomic E-state index is -3.48. The van der Waals surface area contributed by atoms with E-state index in [1.165, 1.54) is 11.3 Å². The van der Waals surface area contributed by atoms with Crippen molar-refractivity contribution in [3.8, 4) is 0 Å². The first-order chi connectivity index (χ1) is 15.1. The summed E-state index contributed by atoms with van der Waals surface area (Å²) in [5.41, 5.74) is 3.61. The van der Waals surface area contributed by atoms with Crippen molar-refractivity contribution < 1.29 is 8.42 Å². The van der Waals surface area contributed by atoms with Crippen molar-refractivity contribution in [1.29, 1.82) is 0 Å². The van der Waals surface area contributed by atoms with Gasteiger partial charge in [0, 0.05) is 50.3 Å². The average Bonchev–Trinajstić information content (AvgIpc) is 2.80. The molecule has 4 rings (SSSR count). The summed E-state index contributed by atoms with van der Waals surface area (Å²) >= 11 is 0. The van der Waals surface area contributed by atoms with E-state index in [1.807, 2.05) is 24.3 Å². The minimum Gasteiger partial charge on any atom is -0.369 e. The highest BCUT2D eigenvalue weighted by Crippen LogP contribution is 2.17. The monoisotopic (exact) mass is 436 g/mol. The second-order valence-corrected chi connectivity index (χ2v) is 9.52. The molecule has 1 fully saturated rings. The van der Waals surface area contributed by atoms with Crippen LogP contribution in [-0.4, -0.2) is 51.0 Å². The fraction of sp³-hybridized carbons (Fsp3) is 0.292. The van der Waals surface area contributed by atoms with E-state index < -0.39 is 10.0 Å². The molecule has 0 saturated carbocycles. The summed E-state index contributed by atoms with van der Waals surface area (Å²) in [7, 11) is -3.48. The van der Waals surface area contributed by atoms with E-state index in [-0.39, 0.29) is 5.75 Å². The van der Waals surface area contributed by atoms with Gasteiger partial charge in [-0.15, -0.1) is 0 Å². The molecule has 0 spiro atoms. The van der Waals surface area contributed by atoms with Gasteiger partial charge in [0.05, 0.1) is 5.69 Å². The molecule has 2 heterocycles. The molecule has 0 atom stereocenters. The van der Waals surface area contributed by atoms with E-state index in [0.29, 0.717) is 11.4 Å². The van der Waals surface area contributed by atoms with Gasteiger partial charge in [-0.25, -0.2) is 8.42 Å². The number of hydrogen-bond acceptors (Lipinski definition) is 5. The van der Waals surface area contributed by atoms with E-state index >= 15 is 0 Å². The number of hydrogen-bond donors (Lipinski definition) is 1. The maximum atomic E-state index is 12.4. The standard InChI is InChI=1S/C24H28N4O2S/c29-31(30,20-23-6-4-5-14-25-23)26-22-11-9-21(10-12-22)13-15-27-16-18-28(19-17-27)24-7-2-1-3-8-24/h1-12,14,26H,13,15-20H2. The van der Waals surface area contributed by atoms with Crippen molar-refractivity contribution in [1.82, 2.24) is 9.88 Å². The Kier molecular flexibility index (Phi) is 6.84. The molecule has 1 aliphatic rings. The lowest BCUT2D eigenvalue weighted by atomic mass is 10.1. The third-order valence-corrected chi connectivity index (χ3v) is 6.72. The third-order valence-electron chi connectivity index (χ3n) is 5.50. The molecule has 2 aromatic carbocycles. The highest BCUT2D eigenvalue weighted by Gasteiger charge is 2.17. The number of anilines is 2. The Hall–Kier alpha value is -2.90. The number of nitrogens with zero attached hydrogens (tertiary/aromatic N) is 3. The summed E-state index contributed by atoms with van der Waals surface area (Å²) in [4.78, 5) is 9.01. The first kappa shape index (κ1) is 21.3. The van der Waals surface area contributed by atoms with Crippen LogP contribution in [0.15, 0.2) is 79.0 Å². The largest absolute Gasteiger partial charge is 0.369 e. The van der Waals surface area contributed by atoms with Crippen molar-refractivity contribution >= 4 is 21.4 Å². The predicted molar refractivity (Wildman–Crippen MR) is 126 cm³/mol. The highest BCUT2D eigenvalue weighted by molar-refractivity contribution is 7.91. The number of pyridine rings is 1. The lowest BCUT2D eigenvalue weighted by Crippen LogP contribution is -2.46. The number of rotatable bonds is 8. The molecule has 1 aromatic heterocycles. The van der Waals surface area contributed by atoms with Gasteiger partial charge < -0.3 is 4.90 Å². The van der Waals surface area contributed by atoms with Crippen molar-refractivity contribution in [2.75, 3.05) is 42.3 Å². The van der Waals surface area contributed by atoms with Crippen LogP contribution in [0.5, 0.6) is 0 Å². The van der Waals surface area contributed by atoms with Crippen LogP contribution in [-0.2, 0) is 22.2 Å². The molecule has 0 unspecified atom stereocenters. The van der Waals surface area contributed by atoms with E-state index in [1.54, 1.807) is 24.4 Å². The van der Waals surface area contributed by atoms with Gasteiger partial charge in [-0.2, -0.15) is 0 Å². The van der Waals surface area contributed by atoms with E-state index in [4.69, 9.17) is 0 Å². The van der Waals surface area contributed by atoms with Crippen LogP contribution in [0.25, 0.3) is 0 Å². The minimum absolute atomic E-state index is 0.134. The molecule has 0 amide bonds. The van der Waals surface area contributed by atoms with Gasteiger partial charge >= 0.3 is 0 Å². The first-order valence-electron chi connectivity index (χ1n) is 10.6.